The highest BCUT2D eigenvalue weighted by atomic mass is 32.2. The first-order chi connectivity index (χ1) is 11.7. The van der Waals surface area contributed by atoms with Crippen LogP contribution in [0.5, 0.6) is 0 Å². The van der Waals surface area contributed by atoms with Gasteiger partial charge in [0, 0.05) is 36.3 Å². The number of hydrogen-bond donors (Lipinski definition) is 0. The Labute approximate surface area is 161 Å². The summed E-state index contributed by atoms with van der Waals surface area (Å²) < 4.78 is 5.67. The molecule has 2 aromatic heterocycles. The molecule has 2 nitrogen and oxygen atoms in total. The summed E-state index contributed by atoms with van der Waals surface area (Å²) in [7, 11) is 0. The first-order valence-corrected chi connectivity index (χ1v) is 10.2. The Bertz CT molecular complexity index is 721. The van der Waals surface area contributed by atoms with E-state index in [0.29, 0.717) is 0 Å². The molecule has 0 unspecified atom stereocenters. The van der Waals surface area contributed by atoms with E-state index in [0.717, 1.165) is 20.1 Å². The number of thioether (sulfide) groups is 2. The molecule has 6 heteroatoms. The van der Waals surface area contributed by atoms with Crippen LogP contribution in [0, 0.1) is 0 Å². The third-order valence-corrected chi connectivity index (χ3v) is 6.38. The van der Waals surface area contributed by atoms with Crippen molar-refractivity contribution >= 4 is 56.6 Å². The number of thiocarbonyl (C=S) groups is 2. The normalized spacial score (nSPS) is 10.7. The summed E-state index contributed by atoms with van der Waals surface area (Å²) >= 11 is 14.2. The van der Waals surface area contributed by atoms with Crippen LogP contribution in [-0.2, 0) is 11.5 Å². The lowest BCUT2D eigenvalue weighted by atomic mass is 10.2. The lowest BCUT2D eigenvalue weighted by molar-refractivity contribution is 1.22. The fourth-order valence-electron chi connectivity index (χ4n) is 2.08. The lowest BCUT2D eigenvalue weighted by Gasteiger charge is -2.07. The van der Waals surface area contributed by atoms with Crippen LogP contribution in [0.15, 0.2) is 73.3 Å². The van der Waals surface area contributed by atoms with E-state index >= 15 is 0 Å². The molecule has 0 amide bonds. The van der Waals surface area contributed by atoms with Crippen LogP contribution in [-0.4, -0.2) is 17.8 Å². The van der Waals surface area contributed by atoms with Gasteiger partial charge in [-0.2, -0.15) is 0 Å². The fraction of sp³-hybridized carbons (Fsp3) is 0.111. The maximum Gasteiger partial charge on any atom is 0.144 e. The van der Waals surface area contributed by atoms with E-state index in [-0.39, 0.29) is 0 Å². The smallest absolute Gasteiger partial charge is 0.144 e. The second-order valence-corrected chi connectivity index (χ2v) is 8.32. The fourth-order valence-corrected chi connectivity index (χ4v) is 4.19. The van der Waals surface area contributed by atoms with Crippen LogP contribution >= 0.6 is 48.0 Å². The van der Waals surface area contributed by atoms with Crippen molar-refractivity contribution in [2.45, 2.75) is 11.5 Å². The molecule has 122 valence electrons. The maximum absolute atomic E-state index is 5.41. The standard InChI is InChI=1S/C18H16N2S4/c21-17(19-9-1-2-10-19)23-13-15-5-7-16(8-6-15)14-24-18(22)20-11-3-4-12-20/h1-12H,13-14H2. The maximum atomic E-state index is 5.41. The highest BCUT2D eigenvalue weighted by Gasteiger charge is 2.03. The van der Waals surface area contributed by atoms with Gasteiger partial charge in [0.2, 0.25) is 0 Å². The van der Waals surface area contributed by atoms with Gasteiger partial charge in [0.1, 0.15) is 8.64 Å². The quantitative estimate of drug-likeness (QED) is 0.552. The Morgan fingerprint density at radius 2 is 1.00 bits per heavy atom. The molecule has 0 bridgehead atoms. The van der Waals surface area contributed by atoms with Crippen LogP contribution in [0.3, 0.4) is 0 Å². The van der Waals surface area contributed by atoms with Crippen LogP contribution < -0.4 is 0 Å². The molecule has 0 saturated heterocycles. The summed E-state index contributed by atoms with van der Waals surface area (Å²) in [5.41, 5.74) is 2.55. The van der Waals surface area contributed by atoms with Crippen LogP contribution in [0.1, 0.15) is 11.1 Å². The predicted octanol–water partition coefficient (Wildman–Crippen LogP) is 5.42. The molecule has 3 rings (SSSR count). The molecule has 1 aromatic carbocycles. The topological polar surface area (TPSA) is 9.86 Å². The van der Waals surface area contributed by atoms with Gasteiger partial charge in [-0.05, 0) is 35.4 Å². The van der Waals surface area contributed by atoms with Crippen LogP contribution in [0.25, 0.3) is 0 Å². The van der Waals surface area contributed by atoms with Crippen molar-refractivity contribution in [1.82, 2.24) is 9.13 Å². The molecule has 0 fully saturated rings. The summed E-state index contributed by atoms with van der Waals surface area (Å²) in [4.78, 5) is 0. The summed E-state index contributed by atoms with van der Waals surface area (Å²) in [5, 5.41) is 0. The second-order valence-electron chi connectivity index (χ2n) is 5.11. The third-order valence-electron chi connectivity index (χ3n) is 3.38. The summed E-state index contributed by atoms with van der Waals surface area (Å²) in [6.07, 6.45) is 7.90. The van der Waals surface area contributed by atoms with Gasteiger partial charge < -0.3 is 9.13 Å². The van der Waals surface area contributed by atoms with Gasteiger partial charge in [-0.3, -0.25) is 0 Å². The van der Waals surface area contributed by atoms with E-state index in [4.69, 9.17) is 24.4 Å². The number of hydrogen-bond acceptors (Lipinski definition) is 4. The molecule has 0 atom stereocenters. The molecule has 0 aliphatic heterocycles. The number of aromatic nitrogens is 2. The molecule has 0 aliphatic carbocycles. The highest BCUT2D eigenvalue weighted by Crippen LogP contribution is 2.19. The zero-order valence-electron chi connectivity index (χ0n) is 12.9. The van der Waals surface area contributed by atoms with E-state index < -0.39 is 0 Å². The molecule has 0 saturated carbocycles. The molecule has 0 radical (unpaired) electrons. The molecule has 0 spiro atoms. The Balaban J connectivity index is 1.48. The largest absolute Gasteiger partial charge is 0.310 e. The highest BCUT2D eigenvalue weighted by molar-refractivity contribution is 8.22. The lowest BCUT2D eigenvalue weighted by Crippen LogP contribution is -2.02. The molecule has 2 heterocycles. The Kier molecular flexibility index (Phi) is 6.31. The molecule has 3 aromatic rings. The minimum absolute atomic E-state index is 0.872. The van der Waals surface area contributed by atoms with Gasteiger partial charge in [-0.1, -0.05) is 72.2 Å². The van der Waals surface area contributed by atoms with Gasteiger partial charge in [-0.15, -0.1) is 0 Å². The zero-order valence-corrected chi connectivity index (χ0v) is 16.1. The summed E-state index contributed by atoms with van der Waals surface area (Å²) in [6, 6.07) is 16.6. The Hall–Kier alpha value is -1.34. The first-order valence-electron chi connectivity index (χ1n) is 7.40. The average Bonchev–Trinajstić information content (AvgIpc) is 3.32. The number of nitrogens with zero attached hydrogens (tertiary/aromatic N) is 2. The number of rotatable bonds is 4. The van der Waals surface area contributed by atoms with Crippen LogP contribution in [0.2, 0.25) is 0 Å². The van der Waals surface area contributed by atoms with E-state index in [9.17, 15) is 0 Å². The zero-order chi connectivity index (χ0) is 16.8. The molecule has 24 heavy (non-hydrogen) atoms. The van der Waals surface area contributed by atoms with Crippen molar-refractivity contribution in [2.75, 3.05) is 0 Å². The van der Waals surface area contributed by atoms with Crippen molar-refractivity contribution < 1.29 is 0 Å². The van der Waals surface area contributed by atoms with E-state index in [1.54, 1.807) is 23.5 Å². The Morgan fingerprint density at radius 1 is 0.667 bits per heavy atom. The predicted molar refractivity (Wildman–Crippen MR) is 114 cm³/mol. The monoisotopic (exact) mass is 388 g/mol. The van der Waals surface area contributed by atoms with Gasteiger partial charge in [0.15, 0.2) is 0 Å². The third kappa shape index (κ3) is 4.83. The van der Waals surface area contributed by atoms with Crippen molar-refractivity contribution in [3.05, 3.63) is 84.4 Å². The number of benzene rings is 1. The minimum Gasteiger partial charge on any atom is -0.310 e. The van der Waals surface area contributed by atoms with Crippen molar-refractivity contribution in [3.8, 4) is 0 Å². The summed E-state index contributed by atoms with van der Waals surface area (Å²) in [6.45, 7) is 0. The molecular weight excluding hydrogens is 372 g/mol. The van der Waals surface area contributed by atoms with E-state index in [1.165, 1.54) is 11.1 Å². The van der Waals surface area contributed by atoms with E-state index in [1.807, 2.05) is 58.2 Å². The van der Waals surface area contributed by atoms with Gasteiger partial charge in [0.05, 0.1) is 0 Å². The van der Waals surface area contributed by atoms with Crippen molar-refractivity contribution in [2.24, 2.45) is 0 Å². The Morgan fingerprint density at radius 3 is 1.33 bits per heavy atom. The molecule has 0 aliphatic rings. The van der Waals surface area contributed by atoms with Gasteiger partial charge in [-0.25, -0.2) is 0 Å². The SMILES string of the molecule is S=C(SCc1ccc(CSC(=S)n2cccc2)cc1)n1cccc1. The van der Waals surface area contributed by atoms with Crippen molar-refractivity contribution in [1.29, 1.82) is 0 Å². The van der Waals surface area contributed by atoms with E-state index in [2.05, 4.69) is 24.3 Å². The average molecular weight is 389 g/mol. The minimum atomic E-state index is 0.872. The van der Waals surface area contributed by atoms with Crippen LogP contribution in [0.4, 0.5) is 0 Å². The molecule has 0 N–H and O–H groups in total. The van der Waals surface area contributed by atoms with Gasteiger partial charge >= 0.3 is 0 Å². The summed E-state index contributed by atoms with van der Waals surface area (Å²) in [5.74, 6) is 1.76. The second kappa shape index (κ2) is 8.67. The van der Waals surface area contributed by atoms with Crippen molar-refractivity contribution in [3.63, 3.8) is 0 Å². The molecular formula is C18H16N2S4. The first kappa shape index (κ1) is 17.5. The van der Waals surface area contributed by atoms with Gasteiger partial charge in [0.25, 0.3) is 0 Å².